The Labute approximate surface area is 72.8 Å². The number of carbonyl (C=O) groups excluding carboxylic acids is 1. The molecule has 0 amide bonds. The third kappa shape index (κ3) is 2.00. The Kier molecular flexibility index (Phi) is 3.14. The molecule has 0 aromatic heterocycles. The van der Waals surface area contributed by atoms with E-state index in [4.69, 9.17) is 4.74 Å². The Morgan fingerprint density at radius 1 is 1.67 bits per heavy atom. The largest absolute Gasteiger partial charge is 0.463 e. The number of nitrogens with one attached hydrogen (secondary N) is 1. The van der Waals surface area contributed by atoms with Crippen molar-refractivity contribution in [1.29, 1.82) is 0 Å². The molecule has 1 aliphatic rings. The van der Waals surface area contributed by atoms with Gasteiger partial charge in [0.1, 0.15) is 0 Å². The summed E-state index contributed by atoms with van der Waals surface area (Å²) >= 11 is 0. The van der Waals surface area contributed by atoms with Crippen LogP contribution in [0.2, 0.25) is 0 Å². The van der Waals surface area contributed by atoms with Crippen LogP contribution in [0, 0.1) is 0 Å². The number of allylic oxidation sites excluding steroid dienone is 1. The van der Waals surface area contributed by atoms with Crippen LogP contribution in [0.15, 0.2) is 11.3 Å². The Morgan fingerprint density at radius 3 is 2.92 bits per heavy atom. The zero-order chi connectivity index (χ0) is 8.97. The molecule has 1 heterocycles. The van der Waals surface area contributed by atoms with Crippen LogP contribution >= 0.6 is 0 Å². The quantitative estimate of drug-likeness (QED) is 0.498. The first kappa shape index (κ1) is 9.10. The van der Waals surface area contributed by atoms with E-state index in [1.165, 1.54) is 0 Å². The molecular formula is C9H15NO2. The number of esters is 1. The van der Waals surface area contributed by atoms with Crippen molar-refractivity contribution in [2.75, 3.05) is 13.2 Å². The van der Waals surface area contributed by atoms with E-state index in [0.29, 0.717) is 6.61 Å². The predicted molar refractivity (Wildman–Crippen MR) is 46.6 cm³/mol. The zero-order valence-electron chi connectivity index (χ0n) is 7.64. The van der Waals surface area contributed by atoms with Crippen LogP contribution in [0.5, 0.6) is 0 Å². The normalized spacial score (nSPS) is 20.2. The van der Waals surface area contributed by atoms with Crippen molar-refractivity contribution in [3.8, 4) is 0 Å². The molecule has 0 radical (unpaired) electrons. The fourth-order valence-corrected chi connectivity index (χ4v) is 1.28. The van der Waals surface area contributed by atoms with E-state index in [0.717, 1.165) is 30.7 Å². The zero-order valence-corrected chi connectivity index (χ0v) is 7.64. The number of carbonyl (C=O) groups is 1. The van der Waals surface area contributed by atoms with E-state index in [9.17, 15) is 4.79 Å². The lowest BCUT2D eigenvalue weighted by atomic mass is 10.2. The summed E-state index contributed by atoms with van der Waals surface area (Å²) in [7, 11) is 0. The lowest BCUT2D eigenvalue weighted by Crippen LogP contribution is -2.13. The van der Waals surface area contributed by atoms with E-state index < -0.39 is 0 Å². The van der Waals surface area contributed by atoms with Crippen molar-refractivity contribution < 1.29 is 9.53 Å². The average Bonchev–Trinajstić information content (AvgIpc) is 2.55. The molecule has 0 unspecified atom stereocenters. The third-order valence-corrected chi connectivity index (χ3v) is 1.98. The fourth-order valence-electron chi connectivity index (χ4n) is 1.28. The summed E-state index contributed by atoms with van der Waals surface area (Å²) in [5.74, 6) is -0.193. The summed E-state index contributed by atoms with van der Waals surface area (Å²) in [6.45, 7) is 5.05. The van der Waals surface area contributed by atoms with Gasteiger partial charge in [-0.15, -0.1) is 0 Å². The standard InChI is InChI=1S/C9H15NO2/c1-3-12-9(11)7(2)8-5-4-6-10-8/h10H,3-6H2,1-2H3. The molecule has 12 heavy (non-hydrogen) atoms. The van der Waals surface area contributed by atoms with Gasteiger partial charge in [0, 0.05) is 12.2 Å². The number of hydrogen-bond donors (Lipinski definition) is 1. The molecule has 0 spiro atoms. The van der Waals surface area contributed by atoms with E-state index >= 15 is 0 Å². The first-order valence-electron chi connectivity index (χ1n) is 4.36. The maximum Gasteiger partial charge on any atom is 0.335 e. The van der Waals surface area contributed by atoms with Crippen molar-refractivity contribution in [3.05, 3.63) is 11.3 Å². The molecule has 68 valence electrons. The van der Waals surface area contributed by atoms with Crippen LogP contribution in [0.1, 0.15) is 26.7 Å². The topological polar surface area (TPSA) is 38.3 Å². The van der Waals surface area contributed by atoms with Gasteiger partial charge in [-0.2, -0.15) is 0 Å². The monoisotopic (exact) mass is 169 g/mol. The van der Waals surface area contributed by atoms with Crippen LogP contribution in [0.25, 0.3) is 0 Å². The summed E-state index contributed by atoms with van der Waals surface area (Å²) in [6.07, 6.45) is 2.09. The lowest BCUT2D eigenvalue weighted by Gasteiger charge is -2.05. The minimum Gasteiger partial charge on any atom is -0.463 e. The molecule has 0 aromatic carbocycles. The van der Waals surface area contributed by atoms with Gasteiger partial charge in [-0.1, -0.05) is 0 Å². The molecule has 0 bridgehead atoms. The molecule has 3 heteroatoms. The van der Waals surface area contributed by atoms with Gasteiger partial charge in [0.25, 0.3) is 0 Å². The Hall–Kier alpha value is -0.990. The molecule has 0 atom stereocenters. The highest BCUT2D eigenvalue weighted by Crippen LogP contribution is 2.14. The molecular weight excluding hydrogens is 154 g/mol. The molecule has 3 nitrogen and oxygen atoms in total. The van der Waals surface area contributed by atoms with Gasteiger partial charge in [0.2, 0.25) is 0 Å². The average molecular weight is 169 g/mol. The minimum atomic E-state index is -0.193. The van der Waals surface area contributed by atoms with Gasteiger partial charge in [-0.25, -0.2) is 4.79 Å². The van der Waals surface area contributed by atoms with Crippen LogP contribution in [-0.4, -0.2) is 19.1 Å². The Bertz CT molecular complexity index is 201. The second-order valence-corrected chi connectivity index (χ2v) is 2.85. The Morgan fingerprint density at radius 2 is 2.42 bits per heavy atom. The van der Waals surface area contributed by atoms with Crippen LogP contribution < -0.4 is 5.32 Å². The van der Waals surface area contributed by atoms with Crippen molar-refractivity contribution in [2.45, 2.75) is 26.7 Å². The van der Waals surface area contributed by atoms with Crippen molar-refractivity contribution >= 4 is 5.97 Å². The molecule has 1 aliphatic heterocycles. The highest BCUT2D eigenvalue weighted by Gasteiger charge is 2.14. The van der Waals surface area contributed by atoms with Gasteiger partial charge in [0.15, 0.2) is 0 Å². The molecule has 1 rings (SSSR count). The SMILES string of the molecule is CCOC(=O)C(C)=C1CCCN1. The number of hydrogen-bond acceptors (Lipinski definition) is 3. The summed E-state index contributed by atoms with van der Waals surface area (Å²) in [4.78, 5) is 11.2. The highest BCUT2D eigenvalue weighted by molar-refractivity contribution is 5.88. The van der Waals surface area contributed by atoms with Crippen LogP contribution in [0.4, 0.5) is 0 Å². The first-order valence-corrected chi connectivity index (χ1v) is 4.36. The second kappa shape index (κ2) is 4.14. The first-order chi connectivity index (χ1) is 5.75. The van der Waals surface area contributed by atoms with Gasteiger partial charge < -0.3 is 10.1 Å². The summed E-state index contributed by atoms with van der Waals surface area (Å²) < 4.78 is 4.88. The molecule has 1 N–H and O–H groups in total. The molecule has 0 aliphatic carbocycles. The lowest BCUT2D eigenvalue weighted by molar-refractivity contribution is -0.138. The smallest absolute Gasteiger partial charge is 0.335 e. The third-order valence-electron chi connectivity index (χ3n) is 1.98. The second-order valence-electron chi connectivity index (χ2n) is 2.85. The van der Waals surface area contributed by atoms with E-state index in [1.807, 2.05) is 13.8 Å². The van der Waals surface area contributed by atoms with Crippen LogP contribution in [-0.2, 0) is 9.53 Å². The maximum atomic E-state index is 11.2. The molecule has 0 saturated carbocycles. The van der Waals surface area contributed by atoms with Gasteiger partial charge >= 0.3 is 5.97 Å². The molecule has 1 saturated heterocycles. The van der Waals surface area contributed by atoms with Crippen LogP contribution in [0.3, 0.4) is 0 Å². The van der Waals surface area contributed by atoms with Crippen molar-refractivity contribution in [3.63, 3.8) is 0 Å². The molecule has 0 aromatic rings. The fraction of sp³-hybridized carbons (Fsp3) is 0.667. The van der Waals surface area contributed by atoms with Crippen molar-refractivity contribution in [1.82, 2.24) is 5.32 Å². The van der Waals surface area contributed by atoms with Crippen molar-refractivity contribution in [2.24, 2.45) is 0 Å². The number of ether oxygens (including phenoxy) is 1. The number of rotatable bonds is 2. The minimum absolute atomic E-state index is 0.193. The summed E-state index contributed by atoms with van der Waals surface area (Å²) in [6, 6.07) is 0. The van der Waals surface area contributed by atoms with E-state index in [2.05, 4.69) is 5.32 Å². The van der Waals surface area contributed by atoms with E-state index in [-0.39, 0.29) is 5.97 Å². The summed E-state index contributed by atoms with van der Waals surface area (Å²) in [5, 5.41) is 3.17. The van der Waals surface area contributed by atoms with E-state index in [1.54, 1.807) is 0 Å². The summed E-state index contributed by atoms with van der Waals surface area (Å²) in [5.41, 5.74) is 1.78. The van der Waals surface area contributed by atoms with Gasteiger partial charge in [-0.05, 0) is 26.7 Å². The van der Waals surface area contributed by atoms with Gasteiger partial charge in [0.05, 0.1) is 12.2 Å². The Balaban J connectivity index is 2.60. The molecule has 1 fully saturated rings. The maximum absolute atomic E-state index is 11.2. The van der Waals surface area contributed by atoms with Gasteiger partial charge in [-0.3, -0.25) is 0 Å². The highest BCUT2D eigenvalue weighted by atomic mass is 16.5. The predicted octanol–water partition coefficient (Wildman–Crippen LogP) is 1.21.